The van der Waals surface area contributed by atoms with Gasteiger partial charge in [0, 0.05) is 43.2 Å². The third-order valence-electron chi connectivity index (χ3n) is 6.11. The van der Waals surface area contributed by atoms with Crippen LogP contribution in [0.2, 0.25) is 0 Å². The van der Waals surface area contributed by atoms with E-state index in [-0.39, 0.29) is 24.3 Å². The second-order valence-corrected chi connectivity index (χ2v) is 9.33. The number of rotatable bonds is 7. The molecule has 0 aliphatic carbocycles. The monoisotopic (exact) mass is 490 g/mol. The van der Waals surface area contributed by atoms with Crippen LogP contribution < -0.4 is 14.8 Å². The lowest BCUT2D eigenvalue weighted by molar-refractivity contribution is -0.121. The Morgan fingerprint density at radius 2 is 1.97 bits per heavy atom. The van der Waals surface area contributed by atoms with Crippen LogP contribution in [0.3, 0.4) is 0 Å². The Kier molecular flexibility index (Phi) is 6.67. The number of ether oxygens (including phenoxy) is 2. The van der Waals surface area contributed by atoms with E-state index in [2.05, 4.69) is 10.3 Å². The van der Waals surface area contributed by atoms with Crippen molar-refractivity contribution in [3.05, 3.63) is 76.9 Å². The van der Waals surface area contributed by atoms with Crippen LogP contribution in [0.4, 0.5) is 5.69 Å². The number of aromatic nitrogens is 2. The molecule has 1 N–H and O–H groups in total. The first kappa shape index (κ1) is 22.9. The number of hydrogen-bond donors (Lipinski definition) is 1. The maximum Gasteiger partial charge on any atom is 0.263 e. The highest BCUT2D eigenvalue weighted by molar-refractivity contribution is 7.12. The highest BCUT2D eigenvalue weighted by Gasteiger charge is 2.28. The SMILES string of the molecule is COc1ccc(NC(=O)C2CCN(C(=O)c3cccs3)CC2)cc1OCc1cn2ccccc2n1. The number of carbonyl (C=O) groups is 2. The average Bonchev–Trinajstić information content (AvgIpc) is 3.57. The summed E-state index contributed by atoms with van der Waals surface area (Å²) in [5.74, 6) is 0.948. The summed E-state index contributed by atoms with van der Waals surface area (Å²) in [5.41, 5.74) is 2.27. The van der Waals surface area contributed by atoms with E-state index in [9.17, 15) is 9.59 Å². The Hall–Kier alpha value is -3.85. The molecule has 0 unspecified atom stereocenters. The molecule has 0 saturated carbocycles. The number of methoxy groups -OCH3 is 1. The smallest absolute Gasteiger partial charge is 0.263 e. The molecular formula is C26H26N4O4S. The fraction of sp³-hybridized carbons (Fsp3) is 0.269. The molecule has 2 amide bonds. The fourth-order valence-electron chi connectivity index (χ4n) is 4.22. The number of anilines is 1. The number of fused-ring (bicyclic) bond motifs is 1. The van der Waals surface area contributed by atoms with Crippen LogP contribution in [-0.2, 0) is 11.4 Å². The molecule has 4 aromatic rings. The summed E-state index contributed by atoms with van der Waals surface area (Å²) < 4.78 is 13.4. The van der Waals surface area contributed by atoms with E-state index < -0.39 is 0 Å². The number of imidazole rings is 1. The van der Waals surface area contributed by atoms with Gasteiger partial charge in [-0.3, -0.25) is 9.59 Å². The maximum absolute atomic E-state index is 12.9. The lowest BCUT2D eigenvalue weighted by atomic mass is 9.95. The predicted molar refractivity (Wildman–Crippen MR) is 134 cm³/mol. The van der Waals surface area contributed by atoms with E-state index in [0.29, 0.717) is 43.1 Å². The third-order valence-corrected chi connectivity index (χ3v) is 6.96. The van der Waals surface area contributed by atoms with Crippen molar-refractivity contribution in [2.45, 2.75) is 19.4 Å². The largest absolute Gasteiger partial charge is 0.493 e. The molecule has 0 bridgehead atoms. The molecule has 3 aromatic heterocycles. The van der Waals surface area contributed by atoms with Crippen LogP contribution in [0.1, 0.15) is 28.2 Å². The number of nitrogens with zero attached hydrogens (tertiary/aromatic N) is 3. The Morgan fingerprint density at radius 3 is 2.71 bits per heavy atom. The minimum Gasteiger partial charge on any atom is -0.493 e. The van der Waals surface area contributed by atoms with Crippen LogP contribution in [0, 0.1) is 5.92 Å². The van der Waals surface area contributed by atoms with Crippen molar-refractivity contribution in [3.63, 3.8) is 0 Å². The number of thiophene rings is 1. The molecule has 9 heteroatoms. The first-order valence-corrected chi connectivity index (χ1v) is 12.4. The van der Waals surface area contributed by atoms with E-state index in [4.69, 9.17) is 9.47 Å². The van der Waals surface area contributed by atoms with E-state index in [0.717, 1.165) is 16.2 Å². The van der Waals surface area contributed by atoms with Gasteiger partial charge in [-0.1, -0.05) is 12.1 Å². The van der Waals surface area contributed by atoms with Crippen LogP contribution in [0.25, 0.3) is 5.65 Å². The van der Waals surface area contributed by atoms with Gasteiger partial charge in [-0.15, -0.1) is 11.3 Å². The molecule has 35 heavy (non-hydrogen) atoms. The van der Waals surface area contributed by atoms with Crippen molar-refractivity contribution in [3.8, 4) is 11.5 Å². The normalized spacial score (nSPS) is 14.1. The van der Waals surface area contributed by atoms with Gasteiger partial charge in [-0.05, 0) is 48.6 Å². The second-order valence-electron chi connectivity index (χ2n) is 8.39. The summed E-state index contributed by atoms with van der Waals surface area (Å²) in [6.45, 7) is 1.42. The first-order valence-electron chi connectivity index (χ1n) is 11.5. The lowest BCUT2D eigenvalue weighted by Gasteiger charge is -2.31. The molecule has 1 aliphatic heterocycles. The van der Waals surface area contributed by atoms with Crippen molar-refractivity contribution in [1.29, 1.82) is 0 Å². The third kappa shape index (κ3) is 5.14. The molecule has 5 rings (SSSR count). The molecule has 1 aliphatic rings. The number of carbonyl (C=O) groups excluding carboxylic acids is 2. The number of pyridine rings is 1. The maximum atomic E-state index is 12.9. The number of nitrogens with one attached hydrogen (secondary N) is 1. The fourth-order valence-corrected chi connectivity index (χ4v) is 4.91. The summed E-state index contributed by atoms with van der Waals surface area (Å²) in [6.07, 6.45) is 5.13. The number of benzene rings is 1. The van der Waals surface area contributed by atoms with Gasteiger partial charge in [0.2, 0.25) is 5.91 Å². The zero-order valence-electron chi connectivity index (χ0n) is 19.3. The number of piperidine rings is 1. The first-order chi connectivity index (χ1) is 17.1. The Bertz CT molecular complexity index is 1290. The van der Waals surface area contributed by atoms with Crippen LogP contribution in [-0.4, -0.2) is 46.3 Å². The molecule has 1 saturated heterocycles. The van der Waals surface area contributed by atoms with Gasteiger partial charge in [0.1, 0.15) is 12.3 Å². The van der Waals surface area contributed by atoms with E-state index >= 15 is 0 Å². The Balaban J connectivity index is 1.19. The highest BCUT2D eigenvalue weighted by atomic mass is 32.1. The predicted octanol–water partition coefficient (Wildman–Crippen LogP) is 4.47. The molecule has 4 heterocycles. The van der Waals surface area contributed by atoms with Crippen molar-refractivity contribution < 1.29 is 19.1 Å². The van der Waals surface area contributed by atoms with Crippen molar-refractivity contribution in [2.75, 3.05) is 25.5 Å². The van der Waals surface area contributed by atoms with Gasteiger partial charge in [0.15, 0.2) is 11.5 Å². The highest BCUT2D eigenvalue weighted by Crippen LogP contribution is 2.31. The lowest BCUT2D eigenvalue weighted by Crippen LogP contribution is -2.41. The van der Waals surface area contributed by atoms with Crippen molar-refractivity contribution in [1.82, 2.24) is 14.3 Å². The summed E-state index contributed by atoms with van der Waals surface area (Å²) in [7, 11) is 1.58. The molecule has 180 valence electrons. The van der Waals surface area contributed by atoms with E-state index in [1.54, 1.807) is 25.3 Å². The second kappa shape index (κ2) is 10.2. The molecular weight excluding hydrogens is 464 g/mol. The molecule has 1 fully saturated rings. The number of hydrogen-bond acceptors (Lipinski definition) is 6. The molecule has 0 spiro atoms. The van der Waals surface area contributed by atoms with E-state index in [1.165, 1.54) is 11.3 Å². The van der Waals surface area contributed by atoms with Crippen LogP contribution in [0.5, 0.6) is 11.5 Å². The quantitative estimate of drug-likeness (QED) is 0.413. The summed E-state index contributed by atoms with van der Waals surface area (Å²) in [6, 6.07) is 14.9. The van der Waals surface area contributed by atoms with Gasteiger partial charge < -0.3 is 24.1 Å². The topological polar surface area (TPSA) is 85.2 Å². The van der Waals surface area contributed by atoms with E-state index in [1.807, 2.05) is 57.4 Å². The Labute approximate surface area is 207 Å². The molecule has 0 atom stereocenters. The Morgan fingerprint density at radius 1 is 1.11 bits per heavy atom. The van der Waals surface area contributed by atoms with Crippen LogP contribution in [0.15, 0.2) is 66.3 Å². The molecule has 1 aromatic carbocycles. The standard InChI is InChI=1S/C26H26N4O4S/c1-33-21-8-7-19(15-22(21)34-17-20-16-30-11-3-2-6-24(30)27-20)28-25(31)18-9-12-29(13-10-18)26(32)23-5-4-14-35-23/h2-8,11,14-16,18H,9-10,12-13,17H2,1H3,(H,28,31). The van der Waals surface area contributed by atoms with Crippen molar-refractivity contribution in [2.24, 2.45) is 5.92 Å². The average molecular weight is 491 g/mol. The van der Waals surface area contributed by atoms with Gasteiger partial charge in [-0.2, -0.15) is 0 Å². The minimum absolute atomic E-state index is 0.0430. The zero-order valence-corrected chi connectivity index (χ0v) is 20.2. The van der Waals surface area contributed by atoms with Gasteiger partial charge in [0.05, 0.1) is 17.7 Å². The summed E-state index contributed by atoms with van der Waals surface area (Å²) >= 11 is 1.44. The number of likely N-dealkylation sites (tertiary alicyclic amines) is 1. The van der Waals surface area contributed by atoms with Crippen molar-refractivity contribution >= 4 is 34.5 Å². The zero-order chi connectivity index (χ0) is 24.2. The molecule has 8 nitrogen and oxygen atoms in total. The van der Waals surface area contributed by atoms with Gasteiger partial charge in [-0.25, -0.2) is 4.98 Å². The van der Waals surface area contributed by atoms with Crippen LogP contribution >= 0.6 is 11.3 Å². The summed E-state index contributed by atoms with van der Waals surface area (Å²) in [5, 5.41) is 4.90. The van der Waals surface area contributed by atoms with Gasteiger partial charge in [0.25, 0.3) is 5.91 Å². The minimum atomic E-state index is -0.146. The summed E-state index contributed by atoms with van der Waals surface area (Å²) in [4.78, 5) is 32.6. The number of amides is 2. The molecule has 0 radical (unpaired) electrons. The van der Waals surface area contributed by atoms with Gasteiger partial charge >= 0.3 is 0 Å².